The maximum absolute atomic E-state index is 13.4. The Bertz CT molecular complexity index is 582. The second-order valence-corrected chi connectivity index (χ2v) is 4.30. The molecular weight excluding hydrogens is 293 g/mol. The van der Waals surface area contributed by atoms with E-state index in [0.29, 0.717) is 12.1 Å². The van der Waals surface area contributed by atoms with E-state index < -0.39 is 41.2 Å². The molecule has 1 saturated heterocycles. The van der Waals surface area contributed by atoms with Crippen LogP contribution in [0.25, 0.3) is 0 Å². The fourth-order valence-corrected chi connectivity index (χ4v) is 1.89. The Labute approximate surface area is 117 Å². The molecule has 1 aromatic rings. The van der Waals surface area contributed by atoms with Crippen molar-refractivity contribution in [1.82, 2.24) is 4.90 Å². The number of rotatable bonds is 2. The molecule has 0 bridgehead atoms. The first-order chi connectivity index (χ1) is 9.90. The van der Waals surface area contributed by atoms with Crippen molar-refractivity contribution < 1.29 is 32.6 Å². The molecule has 0 saturated carbocycles. The van der Waals surface area contributed by atoms with Crippen molar-refractivity contribution in [2.75, 3.05) is 25.1 Å². The van der Waals surface area contributed by atoms with Gasteiger partial charge in [0.05, 0.1) is 18.9 Å². The molecule has 114 valence electrons. The predicted octanol–water partition coefficient (Wildman–Crippen LogP) is 1.42. The Kier molecular flexibility index (Phi) is 4.32. The van der Waals surface area contributed by atoms with Crippen LogP contribution < -0.4 is 5.32 Å². The van der Waals surface area contributed by atoms with Gasteiger partial charge in [0.25, 0.3) is 0 Å². The summed E-state index contributed by atoms with van der Waals surface area (Å²) >= 11 is 0. The molecule has 21 heavy (non-hydrogen) atoms. The molecule has 1 aliphatic heterocycles. The normalized spacial score (nSPS) is 18.4. The van der Waals surface area contributed by atoms with Crippen LogP contribution in [0.1, 0.15) is 0 Å². The number of amides is 2. The average Bonchev–Trinajstić information content (AvgIpc) is 2.44. The summed E-state index contributed by atoms with van der Waals surface area (Å²) in [6.45, 7) is -0.151. The van der Waals surface area contributed by atoms with Gasteiger partial charge >= 0.3 is 12.0 Å². The molecule has 0 radical (unpaired) electrons. The third-order valence-electron chi connectivity index (χ3n) is 2.91. The third kappa shape index (κ3) is 3.24. The molecular formula is C12H11F3N2O4. The molecule has 1 fully saturated rings. The van der Waals surface area contributed by atoms with Gasteiger partial charge in [-0.15, -0.1) is 0 Å². The number of carbonyl (C=O) groups is 2. The summed E-state index contributed by atoms with van der Waals surface area (Å²) in [4.78, 5) is 23.8. The van der Waals surface area contributed by atoms with E-state index in [1.165, 1.54) is 0 Å². The minimum atomic E-state index is -1.46. The van der Waals surface area contributed by atoms with Crippen LogP contribution in [0.2, 0.25) is 0 Å². The molecule has 0 aromatic heterocycles. The number of urea groups is 1. The first-order valence-corrected chi connectivity index (χ1v) is 5.93. The molecule has 1 heterocycles. The van der Waals surface area contributed by atoms with E-state index in [4.69, 9.17) is 9.84 Å². The number of aliphatic carboxylic acids is 1. The summed E-state index contributed by atoms with van der Waals surface area (Å²) in [7, 11) is 0. The van der Waals surface area contributed by atoms with Gasteiger partial charge in [-0.25, -0.2) is 22.8 Å². The van der Waals surface area contributed by atoms with Crippen molar-refractivity contribution in [3.05, 3.63) is 29.6 Å². The molecule has 2 N–H and O–H groups in total. The van der Waals surface area contributed by atoms with Crippen molar-refractivity contribution in [2.24, 2.45) is 0 Å². The lowest BCUT2D eigenvalue weighted by atomic mass is 10.2. The monoisotopic (exact) mass is 304 g/mol. The van der Waals surface area contributed by atoms with Gasteiger partial charge in [0.15, 0.2) is 17.7 Å². The highest BCUT2D eigenvalue weighted by molar-refractivity contribution is 5.92. The largest absolute Gasteiger partial charge is 0.480 e. The fourth-order valence-electron chi connectivity index (χ4n) is 1.89. The predicted molar refractivity (Wildman–Crippen MR) is 64.3 cm³/mol. The number of morpholine rings is 1. The fraction of sp³-hybridized carbons (Fsp3) is 0.333. The van der Waals surface area contributed by atoms with Crippen molar-refractivity contribution in [1.29, 1.82) is 0 Å². The second-order valence-electron chi connectivity index (χ2n) is 4.30. The van der Waals surface area contributed by atoms with Gasteiger partial charge in [-0.1, -0.05) is 0 Å². The quantitative estimate of drug-likeness (QED) is 0.810. The number of anilines is 1. The smallest absolute Gasteiger partial charge is 0.328 e. The summed E-state index contributed by atoms with van der Waals surface area (Å²) < 4.78 is 44.5. The highest BCUT2D eigenvalue weighted by Crippen LogP contribution is 2.20. The zero-order chi connectivity index (χ0) is 15.6. The average molecular weight is 304 g/mol. The van der Waals surface area contributed by atoms with E-state index in [1.54, 1.807) is 0 Å². The minimum Gasteiger partial charge on any atom is -0.480 e. The highest BCUT2D eigenvalue weighted by atomic mass is 19.2. The Hall–Kier alpha value is -2.29. The number of carboxylic acid groups (broad SMARTS) is 1. The molecule has 1 aromatic carbocycles. The highest BCUT2D eigenvalue weighted by Gasteiger charge is 2.33. The van der Waals surface area contributed by atoms with E-state index in [9.17, 15) is 22.8 Å². The number of halogens is 3. The van der Waals surface area contributed by atoms with Gasteiger partial charge in [0.1, 0.15) is 5.82 Å². The molecule has 0 aliphatic carbocycles. The van der Waals surface area contributed by atoms with Gasteiger partial charge in [-0.05, 0) is 0 Å². The van der Waals surface area contributed by atoms with E-state index in [1.807, 2.05) is 5.32 Å². The summed E-state index contributed by atoms with van der Waals surface area (Å²) in [6, 6.07) is -1.29. The molecule has 9 heteroatoms. The van der Waals surface area contributed by atoms with Gasteiger partial charge < -0.3 is 20.1 Å². The zero-order valence-electron chi connectivity index (χ0n) is 10.6. The Morgan fingerprint density at radius 1 is 1.33 bits per heavy atom. The van der Waals surface area contributed by atoms with Crippen LogP contribution in [0.4, 0.5) is 23.7 Å². The number of ether oxygens (including phenoxy) is 1. The SMILES string of the molecule is O=C(O)C1COCCN1C(=O)Nc1cc(F)cc(F)c1F. The van der Waals surface area contributed by atoms with Crippen molar-refractivity contribution in [2.45, 2.75) is 6.04 Å². The molecule has 0 spiro atoms. The molecule has 2 amide bonds. The van der Waals surface area contributed by atoms with E-state index in [-0.39, 0.29) is 19.8 Å². The first kappa shape index (κ1) is 15.1. The van der Waals surface area contributed by atoms with Crippen LogP contribution in [0.3, 0.4) is 0 Å². The standard InChI is InChI=1S/C12H11F3N2O4/c13-6-3-7(14)10(15)8(4-6)16-12(20)17-1-2-21-5-9(17)11(18)19/h3-4,9H,1-2,5H2,(H,16,20)(H,18,19). The van der Waals surface area contributed by atoms with Crippen LogP contribution in [-0.2, 0) is 9.53 Å². The molecule has 1 atom stereocenters. The summed E-state index contributed by atoms with van der Waals surface area (Å²) in [5, 5.41) is 10.9. The number of carbonyl (C=O) groups excluding carboxylic acids is 1. The molecule has 1 unspecified atom stereocenters. The molecule has 6 nitrogen and oxygen atoms in total. The number of hydrogen-bond donors (Lipinski definition) is 2. The van der Waals surface area contributed by atoms with Crippen molar-refractivity contribution in [3.63, 3.8) is 0 Å². The lowest BCUT2D eigenvalue weighted by Crippen LogP contribution is -2.54. The number of carboxylic acids is 1. The lowest BCUT2D eigenvalue weighted by Gasteiger charge is -2.32. The van der Waals surface area contributed by atoms with E-state index in [0.717, 1.165) is 4.90 Å². The van der Waals surface area contributed by atoms with Crippen molar-refractivity contribution in [3.8, 4) is 0 Å². The Morgan fingerprint density at radius 2 is 2.05 bits per heavy atom. The van der Waals surface area contributed by atoms with Crippen LogP contribution in [0.5, 0.6) is 0 Å². The van der Waals surface area contributed by atoms with Gasteiger partial charge in [-0.3, -0.25) is 0 Å². The maximum Gasteiger partial charge on any atom is 0.328 e. The van der Waals surface area contributed by atoms with Gasteiger partial charge in [0.2, 0.25) is 0 Å². The van der Waals surface area contributed by atoms with Crippen LogP contribution in [0.15, 0.2) is 12.1 Å². The van der Waals surface area contributed by atoms with Crippen LogP contribution >= 0.6 is 0 Å². The van der Waals surface area contributed by atoms with Gasteiger partial charge in [0, 0.05) is 18.7 Å². The maximum atomic E-state index is 13.4. The third-order valence-corrected chi connectivity index (χ3v) is 2.91. The number of nitrogens with one attached hydrogen (secondary N) is 1. The minimum absolute atomic E-state index is 0.0395. The van der Waals surface area contributed by atoms with Crippen LogP contribution in [0, 0.1) is 17.5 Å². The topological polar surface area (TPSA) is 78.9 Å². The second kappa shape index (κ2) is 6.00. The van der Waals surface area contributed by atoms with E-state index in [2.05, 4.69) is 0 Å². The van der Waals surface area contributed by atoms with Crippen molar-refractivity contribution >= 4 is 17.7 Å². The van der Waals surface area contributed by atoms with E-state index >= 15 is 0 Å². The van der Waals surface area contributed by atoms with Gasteiger partial charge in [-0.2, -0.15) is 0 Å². The molecule has 1 aliphatic rings. The zero-order valence-corrected chi connectivity index (χ0v) is 10.6. The number of nitrogens with zero attached hydrogens (tertiary/aromatic N) is 1. The summed E-state index contributed by atoms with van der Waals surface area (Å²) in [5.74, 6) is -5.25. The first-order valence-electron chi connectivity index (χ1n) is 5.93. The number of benzene rings is 1. The summed E-state index contributed by atoms with van der Waals surface area (Å²) in [5.41, 5.74) is -0.701. The lowest BCUT2D eigenvalue weighted by molar-refractivity contribution is -0.147. The summed E-state index contributed by atoms with van der Waals surface area (Å²) in [6.07, 6.45) is 0. The van der Waals surface area contributed by atoms with Crippen LogP contribution in [-0.4, -0.2) is 47.8 Å². The Morgan fingerprint density at radius 3 is 2.71 bits per heavy atom. The Balaban J connectivity index is 2.19. The molecule has 2 rings (SSSR count). The number of hydrogen-bond acceptors (Lipinski definition) is 3.